The van der Waals surface area contributed by atoms with Gasteiger partial charge in [-0.2, -0.15) is 0 Å². The summed E-state index contributed by atoms with van der Waals surface area (Å²) < 4.78 is 10.8. The highest BCUT2D eigenvalue weighted by Crippen LogP contribution is 2.29. The summed E-state index contributed by atoms with van der Waals surface area (Å²) in [5.41, 5.74) is 1.25. The van der Waals surface area contributed by atoms with Crippen LogP contribution in [0.3, 0.4) is 0 Å². The van der Waals surface area contributed by atoms with E-state index >= 15 is 0 Å². The van der Waals surface area contributed by atoms with E-state index < -0.39 is 0 Å². The van der Waals surface area contributed by atoms with E-state index in [1.54, 1.807) is 6.92 Å². The Bertz CT molecular complexity index is 413. The fourth-order valence-electron chi connectivity index (χ4n) is 1.78. The first-order valence-electron chi connectivity index (χ1n) is 5.97. The molecular weight excluding hydrogens is 319 g/mol. The van der Waals surface area contributed by atoms with Gasteiger partial charge >= 0.3 is 5.97 Å². The first-order valence-corrected chi connectivity index (χ1v) is 7.63. The molecule has 0 radical (unpaired) electrons. The lowest BCUT2D eigenvalue weighted by Gasteiger charge is -2.04. The number of hydrogen-bond acceptors (Lipinski definition) is 3. The van der Waals surface area contributed by atoms with Crippen LogP contribution in [0.2, 0.25) is 0 Å². The summed E-state index contributed by atoms with van der Waals surface area (Å²) in [6.07, 6.45) is 0.765. The fraction of sp³-hybridized carbons (Fsp3) is 0.615. The molecule has 1 heterocycles. The van der Waals surface area contributed by atoms with E-state index in [4.69, 9.17) is 20.8 Å². The lowest BCUT2D eigenvalue weighted by Crippen LogP contribution is -2.08. The van der Waals surface area contributed by atoms with Crippen molar-refractivity contribution in [1.82, 2.24) is 0 Å². The van der Waals surface area contributed by atoms with Crippen LogP contribution in [0.15, 0.2) is 4.42 Å². The summed E-state index contributed by atoms with van der Waals surface area (Å²) in [4.78, 5) is 11.9. The molecule has 0 fully saturated rings. The second-order valence-electron chi connectivity index (χ2n) is 4.39. The largest absolute Gasteiger partial charge is 0.464 e. The van der Waals surface area contributed by atoms with Gasteiger partial charge in [0.1, 0.15) is 17.1 Å². The van der Waals surface area contributed by atoms with Crippen molar-refractivity contribution in [3.63, 3.8) is 0 Å². The van der Waals surface area contributed by atoms with E-state index in [1.165, 1.54) is 0 Å². The minimum Gasteiger partial charge on any atom is -0.464 e. The van der Waals surface area contributed by atoms with E-state index in [0.717, 1.165) is 17.7 Å². The molecule has 102 valence electrons. The van der Waals surface area contributed by atoms with Crippen LogP contribution in [0.4, 0.5) is 0 Å². The minimum atomic E-state index is -0.360. The zero-order valence-electron chi connectivity index (χ0n) is 10.9. The van der Waals surface area contributed by atoms with E-state index in [0.29, 0.717) is 29.2 Å². The van der Waals surface area contributed by atoms with E-state index in [-0.39, 0.29) is 11.8 Å². The monoisotopic (exact) mass is 336 g/mol. The number of alkyl halides is 2. The maximum atomic E-state index is 11.9. The van der Waals surface area contributed by atoms with Gasteiger partial charge in [0.25, 0.3) is 0 Å². The van der Waals surface area contributed by atoms with Gasteiger partial charge in [-0.3, -0.25) is 0 Å². The van der Waals surface area contributed by atoms with Crippen LogP contribution in [0.25, 0.3) is 0 Å². The van der Waals surface area contributed by atoms with Crippen molar-refractivity contribution < 1.29 is 13.9 Å². The lowest BCUT2D eigenvalue weighted by atomic mass is 10.0. The van der Waals surface area contributed by atoms with Crippen molar-refractivity contribution in [2.24, 2.45) is 5.92 Å². The highest BCUT2D eigenvalue weighted by Gasteiger charge is 2.25. The van der Waals surface area contributed by atoms with Crippen molar-refractivity contribution in [1.29, 1.82) is 0 Å². The molecule has 1 aromatic heterocycles. The third-order valence-electron chi connectivity index (χ3n) is 2.49. The molecule has 18 heavy (non-hydrogen) atoms. The quantitative estimate of drug-likeness (QED) is 0.574. The van der Waals surface area contributed by atoms with Crippen LogP contribution in [-0.4, -0.2) is 12.6 Å². The molecule has 3 nitrogen and oxygen atoms in total. The average molecular weight is 338 g/mol. The van der Waals surface area contributed by atoms with Crippen molar-refractivity contribution >= 4 is 33.5 Å². The molecule has 0 spiro atoms. The summed E-state index contributed by atoms with van der Waals surface area (Å²) >= 11 is 9.28. The number of hydrogen-bond donors (Lipinski definition) is 0. The molecule has 0 bridgehead atoms. The lowest BCUT2D eigenvalue weighted by molar-refractivity contribution is 0.0523. The Morgan fingerprint density at radius 1 is 1.44 bits per heavy atom. The topological polar surface area (TPSA) is 39.4 Å². The summed E-state index contributed by atoms with van der Waals surface area (Å²) in [5.74, 6) is 1.72. The molecule has 1 aromatic rings. The molecule has 1 rings (SSSR count). The summed E-state index contributed by atoms with van der Waals surface area (Å²) in [5, 5.41) is 0.475. The Morgan fingerprint density at radius 3 is 2.56 bits per heavy atom. The first kappa shape index (κ1) is 15.6. The number of rotatable bonds is 6. The summed E-state index contributed by atoms with van der Waals surface area (Å²) in [7, 11) is 0. The van der Waals surface area contributed by atoms with Gasteiger partial charge in [0.05, 0.1) is 17.8 Å². The van der Waals surface area contributed by atoms with Crippen LogP contribution in [-0.2, 0) is 22.4 Å². The average Bonchev–Trinajstić information content (AvgIpc) is 2.66. The number of halogens is 2. The first-order chi connectivity index (χ1) is 8.54. The molecule has 0 saturated heterocycles. The molecule has 5 heteroatoms. The molecule has 0 N–H and O–H groups in total. The zero-order chi connectivity index (χ0) is 13.7. The molecule has 0 aromatic carbocycles. The molecule has 0 aliphatic rings. The number of carbonyl (C=O) groups excluding carboxylic acids is 1. The molecule has 0 atom stereocenters. The predicted molar refractivity (Wildman–Crippen MR) is 75.4 cm³/mol. The van der Waals surface area contributed by atoms with Crippen molar-refractivity contribution in [3.8, 4) is 0 Å². The van der Waals surface area contributed by atoms with Crippen LogP contribution >= 0.6 is 27.5 Å². The second kappa shape index (κ2) is 7.19. The standard InChI is InChI=1S/C13H18BrClO3/c1-4-17-13(16)12-9(7-15)10(5-8(2)3)18-11(12)6-14/h8H,4-7H2,1-3H3. The maximum Gasteiger partial charge on any atom is 0.342 e. The van der Waals surface area contributed by atoms with E-state index in [9.17, 15) is 4.79 Å². The maximum absolute atomic E-state index is 11.9. The van der Waals surface area contributed by atoms with Gasteiger partial charge in [-0.1, -0.05) is 29.8 Å². The third kappa shape index (κ3) is 3.51. The normalized spacial score (nSPS) is 11.0. The smallest absolute Gasteiger partial charge is 0.342 e. The highest BCUT2D eigenvalue weighted by atomic mass is 79.9. The molecule has 0 unspecified atom stereocenters. The Balaban J connectivity index is 3.20. The number of esters is 1. The van der Waals surface area contributed by atoms with Crippen molar-refractivity contribution in [3.05, 3.63) is 22.6 Å². The fourth-order valence-corrected chi connectivity index (χ4v) is 2.46. The third-order valence-corrected chi connectivity index (χ3v) is 3.27. The van der Waals surface area contributed by atoms with Gasteiger partial charge in [0.15, 0.2) is 0 Å². The number of furan rings is 1. The van der Waals surface area contributed by atoms with Crippen molar-refractivity contribution in [2.75, 3.05) is 6.61 Å². The van der Waals surface area contributed by atoms with Gasteiger partial charge in [-0.15, -0.1) is 11.6 Å². The van der Waals surface area contributed by atoms with E-state index in [2.05, 4.69) is 29.8 Å². The number of ether oxygens (including phenoxy) is 1. The minimum absolute atomic E-state index is 0.257. The van der Waals surface area contributed by atoms with Crippen LogP contribution in [0.5, 0.6) is 0 Å². The Kier molecular flexibility index (Phi) is 6.22. The van der Waals surface area contributed by atoms with Crippen LogP contribution in [0, 0.1) is 5.92 Å². The molecule has 0 aliphatic heterocycles. The SMILES string of the molecule is CCOC(=O)c1c(CBr)oc(CC(C)C)c1CCl. The Labute approximate surface area is 121 Å². The second-order valence-corrected chi connectivity index (χ2v) is 5.22. The molecule has 0 amide bonds. The molecule has 0 aliphatic carbocycles. The zero-order valence-corrected chi connectivity index (χ0v) is 13.2. The van der Waals surface area contributed by atoms with Crippen molar-refractivity contribution in [2.45, 2.75) is 38.4 Å². The van der Waals surface area contributed by atoms with Gasteiger partial charge in [-0.05, 0) is 12.8 Å². The van der Waals surface area contributed by atoms with E-state index in [1.807, 2.05) is 0 Å². The van der Waals surface area contributed by atoms with Crippen LogP contribution < -0.4 is 0 Å². The van der Waals surface area contributed by atoms with Crippen LogP contribution in [0.1, 0.15) is 48.2 Å². The summed E-state index contributed by atoms with van der Waals surface area (Å²) in [6.45, 7) is 6.31. The number of carbonyl (C=O) groups is 1. The summed E-state index contributed by atoms with van der Waals surface area (Å²) in [6, 6.07) is 0. The van der Waals surface area contributed by atoms with Gasteiger partial charge < -0.3 is 9.15 Å². The Hall–Kier alpha value is -0.480. The molecular formula is C13H18BrClO3. The highest BCUT2D eigenvalue weighted by molar-refractivity contribution is 9.08. The van der Waals surface area contributed by atoms with Gasteiger partial charge in [0.2, 0.25) is 0 Å². The van der Waals surface area contributed by atoms with Gasteiger partial charge in [0, 0.05) is 12.0 Å². The predicted octanol–water partition coefficient (Wildman–Crippen LogP) is 4.29. The molecule has 0 saturated carbocycles. The Morgan fingerprint density at radius 2 is 2.11 bits per heavy atom. The van der Waals surface area contributed by atoms with Gasteiger partial charge in [-0.25, -0.2) is 4.79 Å².